The summed E-state index contributed by atoms with van der Waals surface area (Å²) in [7, 11) is 1.75. The standard InChI is InChI=1S/C18H29N5O2.ClH/c1-22(15-16-5-3-2-4-6-16)18(25)21-8-7-17(24)20-11-14-23-12-9-19-10-13-23;/h2-6,19H,7-15H2,1H3,(H,20,24)(H,21,25);1H. The number of urea groups is 1. The molecule has 8 heteroatoms. The van der Waals surface area contributed by atoms with Crippen LogP contribution in [-0.2, 0) is 11.3 Å². The molecule has 1 aliphatic heterocycles. The van der Waals surface area contributed by atoms with E-state index in [1.54, 1.807) is 11.9 Å². The highest BCUT2D eigenvalue weighted by molar-refractivity contribution is 5.85. The van der Waals surface area contributed by atoms with Gasteiger partial charge in [-0.05, 0) is 5.56 Å². The smallest absolute Gasteiger partial charge is 0.317 e. The van der Waals surface area contributed by atoms with Crippen LogP contribution in [0.15, 0.2) is 30.3 Å². The molecule has 0 bridgehead atoms. The Morgan fingerprint density at radius 1 is 1.12 bits per heavy atom. The molecule has 1 fully saturated rings. The van der Waals surface area contributed by atoms with Crippen LogP contribution in [0.4, 0.5) is 4.79 Å². The van der Waals surface area contributed by atoms with Gasteiger partial charge in [-0.3, -0.25) is 9.69 Å². The van der Waals surface area contributed by atoms with Crippen molar-refractivity contribution in [2.75, 3.05) is 52.9 Å². The summed E-state index contributed by atoms with van der Waals surface area (Å²) in [5, 5.41) is 8.99. The Morgan fingerprint density at radius 2 is 1.81 bits per heavy atom. The van der Waals surface area contributed by atoms with Crippen molar-refractivity contribution in [1.82, 2.24) is 25.8 Å². The van der Waals surface area contributed by atoms with Crippen LogP contribution in [0.25, 0.3) is 0 Å². The van der Waals surface area contributed by atoms with Crippen molar-refractivity contribution >= 4 is 24.3 Å². The number of benzene rings is 1. The lowest BCUT2D eigenvalue weighted by atomic mass is 10.2. The lowest BCUT2D eigenvalue weighted by Crippen LogP contribution is -2.46. The summed E-state index contributed by atoms with van der Waals surface area (Å²) < 4.78 is 0. The molecule has 1 saturated heterocycles. The van der Waals surface area contributed by atoms with Gasteiger partial charge in [0.15, 0.2) is 0 Å². The van der Waals surface area contributed by atoms with E-state index >= 15 is 0 Å². The van der Waals surface area contributed by atoms with Crippen molar-refractivity contribution in [1.29, 1.82) is 0 Å². The monoisotopic (exact) mass is 383 g/mol. The van der Waals surface area contributed by atoms with Gasteiger partial charge in [0.25, 0.3) is 0 Å². The summed E-state index contributed by atoms with van der Waals surface area (Å²) in [6.07, 6.45) is 0.298. The molecule has 0 aromatic heterocycles. The average molecular weight is 384 g/mol. The van der Waals surface area contributed by atoms with E-state index in [0.717, 1.165) is 38.3 Å². The quantitative estimate of drug-likeness (QED) is 0.616. The number of piperazine rings is 1. The molecule has 146 valence electrons. The van der Waals surface area contributed by atoms with Gasteiger partial charge in [0, 0.05) is 65.8 Å². The molecule has 0 saturated carbocycles. The van der Waals surface area contributed by atoms with E-state index in [1.165, 1.54) is 0 Å². The van der Waals surface area contributed by atoms with Crippen LogP contribution in [0.3, 0.4) is 0 Å². The molecule has 2 rings (SSSR count). The van der Waals surface area contributed by atoms with E-state index in [4.69, 9.17) is 0 Å². The zero-order chi connectivity index (χ0) is 17.9. The summed E-state index contributed by atoms with van der Waals surface area (Å²) in [5.74, 6) is -0.0267. The molecule has 3 N–H and O–H groups in total. The van der Waals surface area contributed by atoms with E-state index in [9.17, 15) is 9.59 Å². The number of nitrogens with zero attached hydrogens (tertiary/aromatic N) is 2. The first-order chi connectivity index (χ1) is 12.1. The minimum Gasteiger partial charge on any atom is -0.355 e. The summed E-state index contributed by atoms with van der Waals surface area (Å²) >= 11 is 0. The van der Waals surface area contributed by atoms with Crippen molar-refractivity contribution in [3.63, 3.8) is 0 Å². The molecule has 0 spiro atoms. The minimum atomic E-state index is -0.169. The van der Waals surface area contributed by atoms with Gasteiger partial charge in [-0.15, -0.1) is 12.4 Å². The lowest BCUT2D eigenvalue weighted by molar-refractivity contribution is -0.121. The third-order valence-electron chi connectivity index (χ3n) is 4.20. The molecular weight excluding hydrogens is 354 g/mol. The minimum absolute atomic E-state index is 0. The number of halogens is 1. The molecule has 1 aliphatic rings. The van der Waals surface area contributed by atoms with E-state index in [0.29, 0.717) is 26.1 Å². The summed E-state index contributed by atoms with van der Waals surface area (Å²) in [6, 6.07) is 9.64. The number of amides is 3. The van der Waals surface area contributed by atoms with Gasteiger partial charge < -0.3 is 20.9 Å². The Balaban J connectivity index is 0.00000338. The third-order valence-corrected chi connectivity index (χ3v) is 4.20. The molecular formula is C18H30ClN5O2. The predicted molar refractivity (Wildman–Crippen MR) is 105 cm³/mol. The fraction of sp³-hybridized carbons (Fsp3) is 0.556. The Hall–Kier alpha value is -1.83. The van der Waals surface area contributed by atoms with Crippen molar-refractivity contribution in [3.05, 3.63) is 35.9 Å². The first kappa shape index (κ1) is 22.2. The molecule has 1 aromatic carbocycles. The van der Waals surface area contributed by atoms with Gasteiger partial charge in [-0.25, -0.2) is 4.79 Å². The number of carbonyl (C=O) groups excluding carboxylic acids is 2. The van der Waals surface area contributed by atoms with E-state index in [2.05, 4.69) is 20.9 Å². The average Bonchev–Trinajstić information content (AvgIpc) is 2.63. The van der Waals surface area contributed by atoms with Crippen LogP contribution >= 0.6 is 12.4 Å². The Labute approximate surface area is 161 Å². The first-order valence-corrected chi connectivity index (χ1v) is 8.88. The molecule has 0 radical (unpaired) electrons. The number of nitrogens with one attached hydrogen (secondary N) is 3. The van der Waals surface area contributed by atoms with Gasteiger partial charge in [0.05, 0.1) is 0 Å². The molecule has 26 heavy (non-hydrogen) atoms. The number of carbonyl (C=O) groups is 2. The summed E-state index contributed by atoms with van der Waals surface area (Å²) in [4.78, 5) is 27.8. The van der Waals surface area contributed by atoms with E-state index < -0.39 is 0 Å². The maximum Gasteiger partial charge on any atom is 0.317 e. The van der Waals surface area contributed by atoms with Gasteiger partial charge >= 0.3 is 6.03 Å². The van der Waals surface area contributed by atoms with Crippen molar-refractivity contribution in [3.8, 4) is 0 Å². The van der Waals surface area contributed by atoms with Crippen molar-refractivity contribution in [2.24, 2.45) is 0 Å². The highest BCUT2D eigenvalue weighted by Gasteiger charge is 2.11. The Bertz CT molecular complexity index is 538. The molecule has 0 aliphatic carbocycles. The van der Waals surface area contributed by atoms with Crippen molar-refractivity contribution < 1.29 is 9.59 Å². The molecule has 1 heterocycles. The molecule has 0 atom stereocenters. The molecule has 7 nitrogen and oxygen atoms in total. The van der Waals surface area contributed by atoms with Gasteiger partial charge in [-0.1, -0.05) is 30.3 Å². The van der Waals surface area contributed by atoms with Gasteiger partial charge in [0.2, 0.25) is 5.91 Å². The second-order valence-electron chi connectivity index (χ2n) is 6.27. The first-order valence-electron chi connectivity index (χ1n) is 8.88. The lowest BCUT2D eigenvalue weighted by Gasteiger charge is -2.27. The second-order valence-corrected chi connectivity index (χ2v) is 6.27. The maximum absolute atomic E-state index is 12.0. The maximum atomic E-state index is 12.0. The van der Waals surface area contributed by atoms with Crippen LogP contribution in [-0.4, -0.2) is 74.6 Å². The zero-order valence-corrected chi connectivity index (χ0v) is 16.2. The largest absolute Gasteiger partial charge is 0.355 e. The van der Waals surface area contributed by atoms with Crippen LogP contribution in [0.5, 0.6) is 0 Å². The highest BCUT2D eigenvalue weighted by atomic mass is 35.5. The van der Waals surface area contributed by atoms with Crippen LogP contribution in [0, 0.1) is 0 Å². The van der Waals surface area contributed by atoms with Gasteiger partial charge in [-0.2, -0.15) is 0 Å². The Morgan fingerprint density at radius 3 is 2.50 bits per heavy atom. The van der Waals surface area contributed by atoms with Crippen LogP contribution < -0.4 is 16.0 Å². The number of rotatable bonds is 8. The summed E-state index contributed by atoms with van der Waals surface area (Å²) in [6.45, 7) is 6.49. The van der Waals surface area contributed by atoms with Crippen molar-refractivity contribution in [2.45, 2.75) is 13.0 Å². The molecule has 1 aromatic rings. The second kappa shape index (κ2) is 12.5. The van der Waals surface area contributed by atoms with Gasteiger partial charge in [0.1, 0.15) is 0 Å². The summed E-state index contributed by atoms with van der Waals surface area (Å²) in [5.41, 5.74) is 1.07. The normalized spacial score (nSPS) is 14.2. The fourth-order valence-corrected chi connectivity index (χ4v) is 2.72. The SMILES string of the molecule is CN(Cc1ccccc1)C(=O)NCCC(=O)NCCN1CCNCC1.Cl. The molecule has 3 amide bonds. The zero-order valence-electron chi connectivity index (χ0n) is 15.4. The van der Waals surface area contributed by atoms with Crippen LogP contribution in [0.1, 0.15) is 12.0 Å². The fourth-order valence-electron chi connectivity index (χ4n) is 2.72. The number of hydrogen-bond acceptors (Lipinski definition) is 4. The highest BCUT2D eigenvalue weighted by Crippen LogP contribution is 2.02. The van der Waals surface area contributed by atoms with Crippen LogP contribution in [0.2, 0.25) is 0 Å². The van der Waals surface area contributed by atoms with E-state index in [-0.39, 0.29) is 24.3 Å². The topological polar surface area (TPSA) is 76.7 Å². The van der Waals surface area contributed by atoms with E-state index in [1.807, 2.05) is 30.3 Å². The Kier molecular flexibility index (Phi) is 10.7. The number of hydrogen-bond donors (Lipinski definition) is 3. The predicted octanol–water partition coefficient (Wildman–Crippen LogP) is 0.661. The third kappa shape index (κ3) is 8.51. The molecule has 0 unspecified atom stereocenters.